The van der Waals surface area contributed by atoms with E-state index >= 15 is 0 Å². The molecule has 0 spiro atoms. The molecule has 292 valence electrons. The number of fused-ring (bicyclic) bond motifs is 4. The second-order valence-corrected chi connectivity index (χ2v) is 16.7. The Hall–Kier alpha value is -7.22. The zero-order valence-corrected chi connectivity index (χ0v) is 34.6. The zero-order chi connectivity index (χ0) is 40.8. The van der Waals surface area contributed by atoms with Gasteiger partial charge in [-0.3, -0.25) is 0 Å². The topological polar surface area (TPSA) is 3.24 Å². The summed E-state index contributed by atoms with van der Waals surface area (Å²) < 4.78 is 0. The lowest BCUT2D eigenvalue weighted by atomic mass is 9.67. The van der Waals surface area contributed by atoms with Crippen LogP contribution in [0.15, 0.2) is 218 Å². The first-order valence-electron chi connectivity index (χ1n) is 21.8. The Bertz CT molecular complexity index is 2860. The molecule has 9 aromatic rings. The molecule has 9 aromatic carbocycles. The van der Waals surface area contributed by atoms with E-state index in [1.165, 1.54) is 102 Å². The van der Waals surface area contributed by atoms with Crippen molar-refractivity contribution in [2.75, 3.05) is 4.90 Å². The largest absolute Gasteiger partial charge is 0.310 e. The summed E-state index contributed by atoms with van der Waals surface area (Å²) in [5, 5.41) is 0. The number of hydrogen-bond acceptors (Lipinski definition) is 1. The predicted molar refractivity (Wildman–Crippen MR) is 256 cm³/mol. The number of nitrogens with zero attached hydrogens (tertiary/aromatic N) is 1. The molecule has 1 nitrogen and oxygen atoms in total. The molecular weight excluding hydrogens is 735 g/mol. The summed E-state index contributed by atoms with van der Waals surface area (Å²) in [6, 6.07) is 81.2. The number of aryl methyl sites for hydroxylation is 2. The van der Waals surface area contributed by atoms with Crippen LogP contribution in [0, 0.1) is 6.92 Å². The molecule has 0 fully saturated rings. The predicted octanol–water partition coefficient (Wildman–Crippen LogP) is 15.7. The number of rotatable bonds is 8. The van der Waals surface area contributed by atoms with Crippen molar-refractivity contribution in [3.05, 3.63) is 257 Å². The van der Waals surface area contributed by atoms with E-state index in [9.17, 15) is 0 Å². The van der Waals surface area contributed by atoms with Crippen LogP contribution in [0.3, 0.4) is 0 Å². The molecule has 0 bridgehead atoms. The van der Waals surface area contributed by atoms with Crippen molar-refractivity contribution in [3.8, 4) is 44.5 Å². The Labute approximate surface area is 360 Å². The Morgan fingerprint density at radius 3 is 1.46 bits per heavy atom. The third-order valence-corrected chi connectivity index (χ3v) is 13.3. The van der Waals surface area contributed by atoms with Gasteiger partial charge in [0, 0.05) is 16.9 Å². The molecule has 0 heterocycles. The molecule has 0 unspecified atom stereocenters. The quantitative estimate of drug-likeness (QED) is 0.148. The summed E-state index contributed by atoms with van der Waals surface area (Å²) in [5.41, 5.74) is 22.5. The average molecular weight is 782 g/mol. The SMILES string of the molecule is Cc1ccc2c(c1-c1cc3c(cc1N(c1ccc(-c4ccccc4)cc1)c1ccc(-c4ccccc4)cc1)C(c1ccccc1)(c1ccccc1)c1ccccc1-3)CCCC2. The first-order valence-corrected chi connectivity index (χ1v) is 21.8. The van der Waals surface area contributed by atoms with Crippen molar-refractivity contribution in [2.24, 2.45) is 0 Å². The van der Waals surface area contributed by atoms with Crippen LogP contribution in [0.4, 0.5) is 17.1 Å². The molecule has 2 aliphatic rings. The van der Waals surface area contributed by atoms with Gasteiger partial charge in [-0.25, -0.2) is 0 Å². The second kappa shape index (κ2) is 15.4. The standard InChI is InChI=1S/C60H47N/c1-42-30-31-47-22-14-15-27-52(47)59(42)55-40-54-53-28-16-17-29-56(53)60(48-23-10-4-11-24-48,49-25-12-5-13-26-49)57(54)41-58(55)61(50-36-32-45(33-37-50)43-18-6-2-7-19-43)51-38-34-46(35-39-51)44-20-8-3-9-21-44/h2-13,16-21,23-26,28-41H,14-15,22,27H2,1H3. The van der Waals surface area contributed by atoms with E-state index in [4.69, 9.17) is 0 Å². The lowest BCUT2D eigenvalue weighted by Crippen LogP contribution is -2.28. The van der Waals surface area contributed by atoms with Gasteiger partial charge in [0.15, 0.2) is 0 Å². The maximum atomic E-state index is 2.57. The molecular formula is C60H47N. The normalized spacial score (nSPS) is 13.5. The molecule has 0 saturated heterocycles. The van der Waals surface area contributed by atoms with Crippen molar-refractivity contribution < 1.29 is 0 Å². The molecule has 0 N–H and O–H groups in total. The molecule has 0 aromatic heterocycles. The van der Waals surface area contributed by atoms with Gasteiger partial charge in [-0.1, -0.05) is 182 Å². The fourth-order valence-corrected chi connectivity index (χ4v) is 10.5. The van der Waals surface area contributed by atoms with Crippen molar-refractivity contribution in [1.29, 1.82) is 0 Å². The molecule has 1 heteroatoms. The van der Waals surface area contributed by atoms with Crippen LogP contribution in [0.5, 0.6) is 0 Å². The first kappa shape index (κ1) is 36.8. The van der Waals surface area contributed by atoms with Crippen LogP contribution in [-0.2, 0) is 18.3 Å². The van der Waals surface area contributed by atoms with Crippen molar-refractivity contribution in [2.45, 2.75) is 38.0 Å². The molecule has 2 aliphatic carbocycles. The van der Waals surface area contributed by atoms with E-state index in [0.29, 0.717) is 0 Å². The molecule has 0 aliphatic heterocycles. The van der Waals surface area contributed by atoms with E-state index in [1.807, 2.05) is 0 Å². The minimum atomic E-state index is -0.535. The van der Waals surface area contributed by atoms with Crippen LogP contribution in [0.1, 0.15) is 51.8 Å². The van der Waals surface area contributed by atoms with E-state index in [-0.39, 0.29) is 0 Å². The molecule has 0 atom stereocenters. The summed E-state index contributed by atoms with van der Waals surface area (Å²) >= 11 is 0. The highest BCUT2D eigenvalue weighted by atomic mass is 15.1. The van der Waals surface area contributed by atoms with E-state index in [1.54, 1.807) is 0 Å². The van der Waals surface area contributed by atoms with Gasteiger partial charge >= 0.3 is 0 Å². The Morgan fingerprint density at radius 1 is 0.393 bits per heavy atom. The maximum Gasteiger partial charge on any atom is 0.0714 e. The molecule has 61 heavy (non-hydrogen) atoms. The third kappa shape index (κ3) is 6.23. The van der Waals surface area contributed by atoms with Crippen LogP contribution >= 0.6 is 0 Å². The fraction of sp³-hybridized carbons (Fsp3) is 0.100. The van der Waals surface area contributed by atoms with Crippen LogP contribution < -0.4 is 4.90 Å². The molecule has 11 rings (SSSR count). The minimum absolute atomic E-state index is 0.535. The Balaban J connectivity index is 1.24. The number of hydrogen-bond donors (Lipinski definition) is 0. The first-order chi connectivity index (χ1) is 30.2. The molecule has 0 radical (unpaired) electrons. The van der Waals surface area contributed by atoms with Gasteiger partial charge in [0.2, 0.25) is 0 Å². The Kier molecular flexibility index (Phi) is 9.31. The lowest BCUT2D eigenvalue weighted by molar-refractivity contribution is 0.686. The average Bonchev–Trinajstić information content (AvgIpc) is 3.63. The highest BCUT2D eigenvalue weighted by Gasteiger charge is 2.47. The summed E-state index contributed by atoms with van der Waals surface area (Å²) in [6.07, 6.45) is 4.67. The van der Waals surface area contributed by atoms with Gasteiger partial charge in [-0.05, 0) is 147 Å². The highest BCUT2D eigenvalue weighted by molar-refractivity contribution is 5.98. The summed E-state index contributed by atoms with van der Waals surface area (Å²) in [4.78, 5) is 2.53. The van der Waals surface area contributed by atoms with Gasteiger partial charge in [-0.15, -0.1) is 0 Å². The second-order valence-electron chi connectivity index (χ2n) is 16.7. The van der Waals surface area contributed by atoms with Crippen molar-refractivity contribution >= 4 is 17.1 Å². The van der Waals surface area contributed by atoms with Gasteiger partial charge in [0.25, 0.3) is 0 Å². The number of benzene rings is 9. The fourth-order valence-electron chi connectivity index (χ4n) is 10.5. The smallest absolute Gasteiger partial charge is 0.0714 e. The zero-order valence-electron chi connectivity index (χ0n) is 34.6. The highest BCUT2D eigenvalue weighted by Crippen LogP contribution is 2.59. The molecule has 0 amide bonds. The summed E-state index contributed by atoms with van der Waals surface area (Å²) in [7, 11) is 0. The Morgan fingerprint density at radius 2 is 0.885 bits per heavy atom. The van der Waals surface area contributed by atoms with Gasteiger partial charge in [-0.2, -0.15) is 0 Å². The van der Waals surface area contributed by atoms with Crippen LogP contribution in [0.25, 0.3) is 44.5 Å². The van der Waals surface area contributed by atoms with Crippen LogP contribution in [0.2, 0.25) is 0 Å². The maximum absolute atomic E-state index is 2.57. The third-order valence-electron chi connectivity index (χ3n) is 13.3. The van der Waals surface area contributed by atoms with Crippen molar-refractivity contribution in [1.82, 2.24) is 0 Å². The molecule has 0 saturated carbocycles. The monoisotopic (exact) mass is 781 g/mol. The van der Waals surface area contributed by atoms with E-state index in [0.717, 1.165) is 24.2 Å². The van der Waals surface area contributed by atoms with E-state index < -0.39 is 5.41 Å². The minimum Gasteiger partial charge on any atom is -0.310 e. The van der Waals surface area contributed by atoms with Gasteiger partial charge in [0.1, 0.15) is 0 Å². The lowest BCUT2D eigenvalue weighted by Gasteiger charge is -2.36. The van der Waals surface area contributed by atoms with Crippen molar-refractivity contribution in [3.63, 3.8) is 0 Å². The van der Waals surface area contributed by atoms with Gasteiger partial charge in [0.05, 0.1) is 11.1 Å². The van der Waals surface area contributed by atoms with Crippen LogP contribution in [-0.4, -0.2) is 0 Å². The summed E-state index contributed by atoms with van der Waals surface area (Å²) in [5.74, 6) is 0. The summed E-state index contributed by atoms with van der Waals surface area (Å²) in [6.45, 7) is 2.32. The van der Waals surface area contributed by atoms with Gasteiger partial charge < -0.3 is 4.90 Å². The number of anilines is 3. The van der Waals surface area contributed by atoms with E-state index in [2.05, 4.69) is 230 Å².